The molecule has 1 aliphatic heterocycles. The number of ether oxygens (including phenoxy) is 1. The van der Waals surface area contributed by atoms with Crippen molar-refractivity contribution in [3.63, 3.8) is 0 Å². The zero-order valence-corrected chi connectivity index (χ0v) is 10.8. The molecule has 4 nitrogen and oxygen atoms in total. The van der Waals surface area contributed by atoms with Gasteiger partial charge in [0.2, 0.25) is 0 Å². The summed E-state index contributed by atoms with van der Waals surface area (Å²) in [6.45, 7) is 8.20. The summed E-state index contributed by atoms with van der Waals surface area (Å²) in [6, 6.07) is 0. The fourth-order valence-corrected chi connectivity index (χ4v) is 1.32. The highest BCUT2D eigenvalue weighted by Crippen LogP contribution is 2.18. The number of rotatable bonds is 2. The zero-order chi connectivity index (χ0) is 13.1. The van der Waals surface area contributed by atoms with Gasteiger partial charge in [-0.25, -0.2) is 4.79 Å². The minimum Gasteiger partial charge on any atom is -0.444 e. The van der Waals surface area contributed by atoms with E-state index >= 15 is 0 Å². The fourth-order valence-electron chi connectivity index (χ4n) is 1.32. The molecule has 1 aliphatic rings. The van der Waals surface area contributed by atoms with E-state index in [-0.39, 0.29) is 11.9 Å². The monoisotopic (exact) mass is 237 g/mol. The van der Waals surface area contributed by atoms with Crippen molar-refractivity contribution in [1.82, 2.24) is 4.90 Å². The SMILES string of the molecule is CC(=O)/C=C/C=C1CN(C(=O)OC(C)(C)C)C1. The van der Waals surface area contributed by atoms with Crippen LogP contribution >= 0.6 is 0 Å². The predicted octanol–water partition coefficient (Wildman–Crippen LogP) is 2.31. The van der Waals surface area contributed by atoms with Gasteiger partial charge >= 0.3 is 6.09 Å². The molecule has 0 unspecified atom stereocenters. The van der Waals surface area contributed by atoms with Crippen molar-refractivity contribution in [2.45, 2.75) is 33.3 Å². The molecule has 0 saturated carbocycles. The second-order valence-electron chi connectivity index (χ2n) is 5.13. The van der Waals surface area contributed by atoms with Crippen molar-refractivity contribution in [1.29, 1.82) is 0 Å². The van der Waals surface area contributed by atoms with Crippen LogP contribution in [0.15, 0.2) is 23.8 Å². The van der Waals surface area contributed by atoms with Crippen molar-refractivity contribution >= 4 is 11.9 Å². The lowest BCUT2D eigenvalue weighted by atomic mass is 10.1. The summed E-state index contributed by atoms with van der Waals surface area (Å²) in [7, 11) is 0. The summed E-state index contributed by atoms with van der Waals surface area (Å²) >= 11 is 0. The zero-order valence-electron chi connectivity index (χ0n) is 10.8. The number of nitrogens with zero attached hydrogens (tertiary/aromatic N) is 1. The third-order valence-corrected chi connectivity index (χ3v) is 2.10. The smallest absolute Gasteiger partial charge is 0.410 e. The first-order chi connectivity index (χ1) is 7.78. The number of ketones is 1. The van der Waals surface area contributed by atoms with Crippen molar-refractivity contribution in [2.75, 3.05) is 13.1 Å². The molecule has 1 saturated heterocycles. The van der Waals surface area contributed by atoms with Gasteiger partial charge in [0.15, 0.2) is 5.78 Å². The van der Waals surface area contributed by atoms with Crippen molar-refractivity contribution in [2.24, 2.45) is 0 Å². The lowest BCUT2D eigenvalue weighted by Gasteiger charge is -2.35. The lowest BCUT2D eigenvalue weighted by Crippen LogP contribution is -2.46. The molecule has 0 aromatic rings. The molecule has 17 heavy (non-hydrogen) atoms. The Morgan fingerprint density at radius 3 is 2.35 bits per heavy atom. The van der Waals surface area contributed by atoms with Crippen molar-refractivity contribution < 1.29 is 14.3 Å². The van der Waals surface area contributed by atoms with Gasteiger partial charge in [-0.1, -0.05) is 12.2 Å². The molecule has 0 N–H and O–H groups in total. The topological polar surface area (TPSA) is 46.6 Å². The minimum absolute atomic E-state index is 0.0187. The van der Waals surface area contributed by atoms with Gasteiger partial charge in [0.05, 0.1) is 0 Å². The highest BCUT2D eigenvalue weighted by Gasteiger charge is 2.28. The average Bonchev–Trinajstić information content (AvgIpc) is 2.04. The van der Waals surface area contributed by atoms with E-state index in [2.05, 4.69) is 0 Å². The Balaban J connectivity index is 2.37. The molecule has 94 valence electrons. The standard InChI is InChI=1S/C13H19NO3/c1-10(15)6-5-7-11-8-14(9-11)12(16)17-13(2,3)4/h5-7H,8-9H2,1-4H3/b6-5+. The Morgan fingerprint density at radius 2 is 1.88 bits per heavy atom. The maximum Gasteiger partial charge on any atom is 0.410 e. The maximum atomic E-state index is 11.6. The second-order valence-corrected chi connectivity index (χ2v) is 5.13. The van der Waals surface area contributed by atoms with E-state index in [1.54, 1.807) is 11.0 Å². The third kappa shape index (κ3) is 4.85. The first-order valence-electron chi connectivity index (χ1n) is 5.62. The van der Waals surface area contributed by atoms with Crippen LogP contribution in [0.3, 0.4) is 0 Å². The molecule has 0 aromatic carbocycles. The Kier molecular flexibility index (Phi) is 4.10. The summed E-state index contributed by atoms with van der Waals surface area (Å²) in [5.41, 5.74) is 0.666. The van der Waals surface area contributed by atoms with E-state index in [9.17, 15) is 9.59 Å². The van der Waals surface area contributed by atoms with Crippen LogP contribution in [0.1, 0.15) is 27.7 Å². The quantitative estimate of drug-likeness (QED) is 0.692. The predicted molar refractivity (Wildman–Crippen MR) is 65.7 cm³/mol. The van der Waals surface area contributed by atoms with Crippen molar-refractivity contribution in [3.05, 3.63) is 23.8 Å². The highest BCUT2D eigenvalue weighted by atomic mass is 16.6. The van der Waals surface area contributed by atoms with Crippen molar-refractivity contribution in [3.8, 4) is 0 Å². The van der Waals surface area contributed by atoms with Crippen LogP contribution in [0.25, 0.3) is 0 Å². The first-order valence-corrected chi connectivity index (χ1v) is 5.62. The number of carbonyl (C=O) groups is 2. The molecule has 4 heteroatoms. The Bertz CT molecular complexity index is 367. The molecule has 0 atom stereocenters. The van der Waals surface area contributed by atoms with Crippen LogP contribution in [0.4, 0.5) is 4.79 Å². The number of hydrogen-bond donors (Lipinski definition) is 0. The third-order valence-electron chi connectivity index (χ3n) is 2.10. The summed E-state index contributed by atoms with van der Waals surface area (Å²) in [6.07, 6.45) is 4.79. The molecule has 0 aliphatic carbocycles. The van der Waals surface area contributed by atoms with Crippen LogP contribution in [0, 0.1) is 0 Å². The Morgan fingerprint density at radius 1 is 1.29 bits per heavy atom. The van der Waals surface area contributed by atoms with Gasteiger partial charge in [0.1, 0.15) is 5.60 Å². The molecule has 1 heterocycles. The molecule has 0 aromatic heterocycles. The van der Waals surface area contributed by atoms with Gasteiger partial charge in [-0.05, 0) is 39.3 Å². The first kappa shape index (κ1) is 13.5. The van der Waals surface area contributed by atoms with Gasteiger partial charge in [0, 0.05) is 13.1 Å². The summed E-state index contributed by atoms with van der Waals surface area (Å²) in [5.74, 6) is 0.0187. The molecule has 0 bridgehead atoms. The lowest BCUT2D eigenvalue weighted by molar-refractivity contribution is -0.112. The van der Waals surface area contributed by atoms with Crippen LogP contribution < -0.4 is 0 Å². The normalized spacial score (nSPS) is 15.8. The van der Waals surface area contributed by atoms with E-state index in [1.165, 1.54) is 13.0 Å². The Hall–Kier alpha value is -1.58. The molecule has 1 rings (SSSR count). The molecule has 1 fully saturated rings. The molecular weight excluding hydrogens is 218 g/mol. The van der Waals surface area contributed by atoms with E-state index in [1.807, 2.05) is 26.8 Å². The summed E-state index contributed by atoms with van der Waals surface area (Å²) in [5, 5.41) is 0. The van der Waals surface area contributed by atoms with Gasteiger partial charge < -0.3 is 9.64 Å². The van der Waals surface area contributed by atoms with Crippen LogP contribution in [0.2, 0.25) is 0 Å². The molecular formula is C13H19NO3. The van der Waals surface area contributed by atoms with E-state index in [4.69, 9.17) is 4.74 Å². The highest BCUT2D eigenvalue weighted by molar-refractivity contribution is 5.87. The van der Waals surface area contributed by atoms with Gasteiger partial charge in [-0.15, -0.1) is 0 Å². The molecule has 0 radical (unpaired) electrons. The Labute approximate surface area is 102 Å². The average molecular weight is 237 g/mol. The largest absolute Gasteiger partial charge is 0.444 e. The second kappa shape index (κ2) is 5.17. The van der Waals surface area contributed by atoms with Gasteiger partial charge in [-0.2, -0.15) is 0 Å². The van der Waals surface area contributed by atoms with E-state index in [0.29, 0.717) is 13.1 Å². The molecule has 0 spiro atoms. The maximum absolute atomic E-state index is 11.6. The summed E-state index contributed by atoms with van der Waals surface area (Å²) < 4.78 is 5.22. The number of amides is 1. The van der Waals surface area contributed by atoms with Gasteiger partial charge in [0.25, 0.3) is 0 Å². The number of carbonyl (C=O) groups excluding carboxylic acids is 2. The van der Waals surface area contributed by atoms with Gasteiger partial charge in [-0.3, -0.25) is 4.79 Å². The number of hydrogen-bond acceptors (Lipinski definition) is 3. The summed E-state index contributed by atoms with van der Waals surface area (Å²) in [4.78, 5) is 23.9. The number of allylic oxidation sites excluding steroid dienone is 3. The van der Waals surface area contributed by atoms with Crippen LogP contribution in [-0.2, 0) is 9.53 Å². The fraction of sp³-hybridized carbons (Fsp3) is 0.538. The molecule has 1 amide bonds. The van der Waals surface area contributed by atoms with E-state index < -0.39 is 5.60 Å². The number of likely N-dealkylation sites (tertiary alicyclic amines) is 1. The van der Waals surface area contributed by atoms with Crippen LogP contribution in [-0.4, -0.2) is 35.5 Å². The minimum atomic E-state index is -0.453. The van der Waals surface area contributed by atoms with Crippen LogP contribution in [0.5, 0.6) is 0 Å². The van der Waals surface area contributed by atoms with E-state index in [0.717, 1.165) is 5.57 Å².